The minimum atomic E-state index is -0.583. The van der Waals surface area contributed by atoms with Gasteiger partial charge in [0.25, 0.3) is 0 Å². The van der Waals surface area contributed by atoms with Crippen LogP contribution in [0.25, 0.3) is 10.8 Å². The van der Waals surface area contributed by atoms with Crippen molar-refractivity contribution < 1.29 is 14.3 Å². The quantitative estimate of drug-likeness (QED) is 0.578. The summed E-state index contributed by atoms with van der Waals surface area (Å²) < 4.78 is 5.17. The molecule has 0 saturated carbocycles. The molecule has 1 heterocycles. The normalized spacial score (nSPS) is 17.4. The Labute approximate surface area is 164 Å². The zero-order chi connectivity index (χ0) is 19.5. The number of benzene rings is 3. The van der Waals surface area contributed by atoms with Gasteiger partial charge in [-0.15, -0.1) is 6.58 Å². The van der Waals surface area contributed by atoms with Crippen LogP contribution in [0.1, 0.15) is 29.5 Å². The highest BCUT2D eigenvalue weighted by Crippen LogP contribution is 2.31. The molecule has 1 fully saturated rings. The van der Waals surface area contributed by atoms with Crippen LogP contribution in [-0.4, -0.2) is 23.5 Å². The molecular formula is C24H21NO3. The lowest BCUT2D eigenvalue weighted by Crippen LogP contribution is -2.34. The molecule has 3 aromatic rings. The van der Waals surface area contributed by atoms with Crippen LogP contribution < -0.4 is 0 Å². The second-order valence-corrected chi connectivity index (χ2v) is 6.92. The van der Waals surface area contributed by atoms with E-state index in [1.165, 1.54) is 4.90 Å². The molecule has 1 unspecified atom stereocenters. The van der Waals surface area contributed by atoms with Crippen molar-refractivity contribution in [1.82, 2.24) is 4.90 Å². The topological polar surface area (TPSA) is 46.6 Å². The molecular weight excluding hydrogens is 350 g/mol. The lowest BCUT2D eigenvalue weighted by Gasteiger charge is -2.22. The van der Waals surface area contributed by atoms with Gasteiger partial charge in [0.15, 0.2) is 0 Å². The Morgan fingerprint density at radius 2 is 1.79 bits per heavy atom. The first kappa shape index (κ1) is 18.0. The minimum absolute atomic E-state index is 0.167. The number of cyclic esters (lactones) is 1. The first-order chi connectivity index (χ1) is 13.7. The van der Waals surface area contributed by atoms with Gasteiger partial charge in [0.2, 0.25) is 5.91 Å². The monoisotopic (exact) mass is 371 g/mol. The molecule has 140 valence electrons. The van der Waals surface area contributed by atoms with E-state index in [1.807, 2.05) is 60.7 Å². The maximum absolute atomic E-state index is 13.0. The first-order valence-corrected chi connectivity index (χ1v) is 9.32. The van der Waals surface area contributed by atoms with Gasteiger partial charge in [-0.2, -0.15) is 0 Å². The van der Waals surface area contributed by atoms with Crippen molar-refractivity contribution >= 4 is 22.8 Å². The third-order valence-electron chi connectivity index (χ3n) is 5.21. The predicted molar refractivity (Wildman–Crippen MR) is 109 cm³/mol. The largest absolute Gasteiger partial charge is 0.446 e. The Kier molecular flexibility index (Phi) is 4.94. The standard InChI is InChI=1S/C24H21NO3/c1-2-17(21-13-12-18-8-6-7-11-20(18)14-21)15-23(26)25-22(16-28-24(25)27)19-9-4-3-5-10-19/h2-14,17,22H,1,15-16H2/t17?,22-/m0/s1. The van der Waals surface area contributed by atoms with Crippen molar-refractivity contribution in [2.24, 2.45) is 0 Å². The third kappa shape index (κ3) is 3.41. The molecule has 3 aromatic carbocycles. The summed E-state index contributed by atoms with van der Waals surface area (Å²) in [6.45, 7) is 4.09. The van der Waals surface area contributed by atoms with Gasteiger partial charge in [0.1, 0.15) is 12.6 Å². The predicted octanol–water partition coefficient (Wildman–Crippen LogP) is 5.22. The molecule has 0 aromatic heterocycles. The van der Waals surface area contributed by atoms with Crippen molar-refractivity contribution in [3.8, 4) is 0 Å². The van der Waals surface area contributed by atoms with E-state index in [2.05, 4.69) is 18.7 Å². The Morgan fingerprint density at radius 3 is 2.54 bits per heavy atom. The average molecular weight is 371 g/mol. The smallest absolute Gasteiger partial charge is 0.417 e. The molecule has 4 heteroatoms. The molecule has 0 radical (unpaired) electrons. The first-order valence-electron chi connectivity index (χ1n) is 9.32. The molecule has 1 aliphatic rings. The summed E-state index contributed by atoms with van der Waals surface area (Å²) in [4.78, 5) is 26.5. The maximum Gasteiger partial charge on any atom is 0.417 e. The van der Waals surface area contributed by atoms with E-state index in [0.717, 1.165) is 21.9 Å². The van der Waals surface area contributed by atoms with Crippen molar-refractivity contribution in [2.75, 3.05) is 6.61 Å². The van der Waals surface area contributed by atoms with Gasteiger partial charge in [-0.3, -0.25) is 4.79 Å². The highest BCUT2D eigenvalue weighted by molar-refractivity contribution is 5.94. The number of hydrogen-bond acceptors (Lipinski definition) is 3. The van der Waals surface area contributed by atoms with Crippen LogP contribution in [0, 0.1) is 0 Å². The molecule has 2 amide bonds. The van der Waals surface area contributed by atoms with Crippen LogP contribution in [-0.2, 0) is 9.53 Å². The zero-order valence-electron chi connectivity index (χ0n) is 15.5. The number of carbonyl (C=O) groups excluding carboxylic acids is 2. The van der Waals surface area contributed by atoms with E-state index in [0.29, 0.717) is 0 Å². The minimum Gasteiger partial charge on any atom is -0.446 e. The zero-order valence-corrected chi connectivity index (χ0v) is 15.5. The van der Waals surface area contributed by atoms with Crippen LogP contribution in [0.2, 0.25) is 0 Å². The number of allylic oxidation sites excluding steroid dienone is 1. The van der Waals surface area contributed by atoms with Crippen LogP contribution >= 0.6 is 0 Å². The molecule has 0 N–H and O–H groups in total. The number of imide groups is 1. The van der Waals surface area contributed by atoms with E-state index >= 15 is 0 Å². The van der Waals surface area contributed by atoms with Crippen LogP contribution in [0.4, 0.5) is 4.79 Å². The number of hydrogen-bond donors (Lipinski definition) is 0. The molecule has 1 aliphatic heterocycles. The van der Waals surface area contributed by atoms with Gasteiger partial charge in [-0.25, -0.2) is 9.69 Å². The third-order valence-corrected chi connectivity index (χ3v) is 5.21. The van der Waals surface area contributed by atoms with Crippen molar-refractivity contribution in [3.05, 3.63) is 96.6 Å². The van der Waals surface area contributed by atoms with Gasteiger partial charge in [-0.1, -0.05) is 78.9 Å². The summed E-state index contributed by atoms with van der Waals surface area (Å²) in [6, 6.07) is 23.3. The number of nitrogens with zero attached hydrogens (tertiary/aromatic N) is 1. The number of rotatable bonds is 5. The summed E-state index contributed by atoms with van der Waals surface area (Å²) in [6.07, 6.45) is 1.35. The SMILES string of the molecule is C=CC(CC(=O)N1C(=O)OC[C@H]1c1ccccc1)c1ccc2ccccc2c1. The van der Waals surface area contributed by atoms with Crippen molar-refractivity contribution in [2.45, 2.75) is 18.4 Å². The Hall–Kier alpha value is -3.40. The van der Waals surface area contributed by atoms with Crippen LogP contribution in [0.15, 0.2) is 85.5 Å². The molecule has 4 nitrogen and oxygen atoms in total. The number of fused-ring (bicyclic) bond motifs is 1. The maximum atomic E-state index is 13.0. The van der Waals surface area contributed by atoms with Gasteiger partial charge in [0.05, 0.1) is 0 Å². The van der Waals surface area contributed by atoms with E-state index in [4.69, 9.17) is 4.74 Å². The molecule has 4 rings (SSSR count). The van der Waals surface area contributed by atoms with Gasteiger partial charge < -0.3 is 4.74 Å². The molecule has 0 spiro atoms. The van der Waals surface area contributed by atoms with E-state index in [9.17, 15) is 9.59 Å². The summed E-state index contributed by atoms with van der Waals surface area (Å²) in [7, 11) is 0. The number of ether oxygens (including phenoxy) is 1. The molecule has 28 heavy (non-hydrogen) atoms. The molecule has 0 bridgehead atoms. The highest BCUT2D eigenvalue weighted by atomic mass is 16.6. The van der Waals surface area contributed by atoms with Gasteiger partial charge in [0, 0.05) is 12.3 Å². The molecule has 0 aliphatic carbocycles. The van der Waals surface area contributed by atoms with E-state index in [-0.39, 0.29) is 30.9 Å². The fourth-order valence-corrected chi connectivity index (χ4v) is 3.68. The highest BCUT2D eigenvalue weighted by Gasteiger charge is 2.39. The van der Waals surface area contributed by atoms with Gasteiger partial charge >= 0.3 is 6.09 Å². The summed E-state index contributed by atoms with van der Waals surface area (Å²) in [5.41, 5.74) is 1.90. The Bertz CT molecular complexity index is 1030. The lowest BCUT2D eigenvalue weighted by molar-refractivity contribution is -0.129. The second-order valence-electron chi connectivity index (χ2n) is 6.92. The summed E-state index contributed by atoms with van der Waals surface area (Å²) in [5.74, 6) is -0.434. The fourth-order valence-electron chi connectivity index (χ4n) is 3.68. The lowest BCUT2D eigenvalue weighted by atomic mass is 9.93. The van der Waals surface area contributed by atoms with Gasteiger partial charge in [-0.05, 0) is 21.9 Å². The van der Waals surface area contributed by atoms with Crippen molar-refractivity contribution in [1.29, 1.82) is 0 Å². The second kappa shape index (κ2) is 7.69. The van der Waals surface area contributed by atoms with E-state index in [1.54, 1.807) is 6.08 Å². The average Bonchev–Trinajstić information content (AvgIpc) is 3.13. The van der Waals surface area contributed by atoms with Crippen LogP contribution in [0.3, 0.4) is 0 Å². The molecule has 1 saturated heterocycles. The number of carbonyl (C=O) groups is 2. The molecule has 2 atom stereocenters. The summed E-state index contributed by atoms with van der Waals surface area (Å²) in [5, 5.41) is 2.26. The number of amides is 2. The fraction of sp³-hybridized carbons (Fsp3) is 0.167. The summed E-state index contributed by atoms with van der Waals surface area (Å²) >= 11 is 0. The van der Waals surface area contributed by atoms with Crippen molar-refractivity contribution in [3.63, 3.8) is 0 Å². The Morgan fingerprint density at radius 1 is 1.07 bits per heavy atom. The Balaban J connectivity index is 1.57. The van der Waals surface area contributed by atoms with Crippen LogP contribution in [0.5, 0.6) is 0 Å². The van der Waals surface area contributed by atoms with E-state index < -0.39 is 6.09 Å².